The average molecular weight is 410 g/mol. The van der Waals surface area contributed by atoms with Gasteiger partial charge in [0.2, 0.25) is 0 Å². The molecule has 28 heavy (non-hydrogen) atoms. The molecule has 4 aromatic rings. The van der Waals surface area contributed by atoms with Crippen molar-refractivity contribution < 1.29 is 9.53 Å². The molecule has 0 saturated carbocycles. The maximum absolute atomic E-state index is 12.6. The highest BCUT2D eigenvalue weighted by atomic mass is 35.5. The van der Waals surface area contributed by atoms with E-state index in [2.05, 4.69) is 10.1 Å². The van der Waals surface area contributed by atoms with Crippen molar-refractivity contribution in [1.82, 2.24) is 14.8 Å². The van der Waals surface area contributed by atoms with Crippen LogP contribution < -0.4 is 4.74 Å². The second-order valence-corrected chi connectivity index (χ2v) is 6.60. The van der Waals surface area contributed by atoms with Crippen LogP contribution in [0.5, 0.6) is 5.75 Å². The Morgan fingerprint density at radius 2 is 1.54 bits per heavy atom. The zero-order chi connectivity index (χ0) is 19.5. The highest BCUT2D eigenvalue weighted by molar-refractivity contribution is 6.43. The van der Waals surface area contributed by atoms with Gasteiger partial charge in [0.1, 0.15) is 5.02 Å². The van der Waals surface area contributed by atoms with Crippen LogP contribution in [0.1, 0.15) is 10.6 Å². The highest BCUT2D eigenvalue weighted by Gasteiger charge is 2.21. The first kappa shape index (κ1) is 18.2. The van der Waals surface area contributed by atoms with Crippen molar-refractivity contribution in [3.63, 3.8) is 0 Å². The Morgan fingerprint density at radius 3 is 2.25 bits per heavy atom. The molecular formula is C21H13Cl2N3O2. The van der Waals surface area contributed by atoms with Crippen molar-refractivity contribution in [3.8, 4) is 22.8 Å². The zero-order valence-corrected chi connectivity index (χ0v) is 15.9. The number of para-hydroxylation sites is 1. The predicted octanol–water partition coefficient (Wildman–Crippen LogP) is 5.46. The van der Waals surface area contributed by atoms with Gasteiger partial charge in [-0.3, -0.25) is 0 Å². The van der Waals surface area contributed by atoms with E-state index < -0.39 is 5.97 Å². The Bertz CT molecular complexity index is 1070. The molecular weight excluding hydrogens is 397 g/mol. The van der Waals surface area contributed by atoms with Crippen LogP contribution in [0.4, 0.5) is 0 Å². The lowest BCUT2D eigenvalue weighted by Crippen LogP contribution is -2.11. The van der Waals surface area contributed by atoms with Gasteiger partial charge in [0, 0.05) is 5.56 Å². The number of hydrogen-bond acceptors (Lipinski definition) is 4. The molecule has 7 heteroatoms. The standard InChI is InChI=1S/C21H13Cl2N3O2/c22-16-12-7-13-17(18(16)23)28-21(27)19-24-20(14-8-3-1-4-9-14)26(25-19)15-10-5-2-6-11-15/h1-13H. The first-order chi connectivity index (χ1) is 13.6. The molecule has 0 spiro atoms. The summed E-state index contributed by atoms with van der Waals surface area (Å²) in [6.45, 7) is 0. The topological polar surface area (TPSA) is 57.0 Å². The molecule has 138 valence electrons. The van der Waals surface area contributed by atoms with E-state index in [0.29, 0.717) is 10.8 Å². The van der Waals surface area contributed by atoms with Gasteiger partial charge in [-0.05, 0) is 24.3 Å². The largest absolute Gasteiger partial charge is 0.419 e. The summed E-state index contributed by atoms with van der Waals surface area (Å²) >= 11 is 12.1. The predicted molar refractivity (Wildman–Crippen MR) is 108 cm³/mol. The minimum atomic E-state index is -0.726. The van der Waals surface area contributed by atoms with Crippen LogP contribution in [0.3, 0.4) is 0 Å². The summed E-state index contributed by atoms with van der Waals surface area (Å²) < 4.78 is 6.96. The molecule has 0 radical (unpaired) electrons. The van der Waals surface area contributed by atoms with Gasteiger partial charge in [-0.15, -0.1) is 5.10 Å². The van der Waals surface area contributed by atoms with Gasteiger partial charge in [0.25, 0.3) is 5.82 Å². The number of rotatable bonds is 4. The quantitative estimate of drug-likeness (QED) is 0.331. The van der Waals surface area contributed by atoms with Gasteiger partial charge >= 0.3 is 5.97 Å². The van der Waals surface area contributed by atoms with Crippen LogP contribution in [0, 0.1) is 0 Å². The minimum absolute atomic E-state index is 0.0845. The molecule has 4 rings (SSSR count). The van der Waals surface area contributed by atoms with Crippen molar-refractivity contribution in [2.24, 2.45) is 0 Å². The summed E-state index contributed by atoms with van der Waals surface area (Å²) in [6.07, 6.45) is 0. The molecule has 0 atom stereocenters. The normalized spacial score (nSPS) is 10.6. The SMILES string of the molecule is O=C(Oc1cccc(Cl)c1Cl)c1nc(-c2ccccc2)n(-c2ccccc2)n1. The number of hydrogen-bond donors (Lipinski definition) is 0. The number of nitrogens with zero attached hydrogens (tertiary/aromatic N) is 3. The van der Waals surface area contributed by atoms with Crippen molar-refractivity contribution in [3.05, 3.63) is 94.7 Å². The van der Waals surface area contributed by atoms with E-state index in [9.17, 15) is 4.79 Å². The molecule has 0 aliphatic rings. The molecule has 3 aromatic carbocycles. The monoisotopic (exact) mass is 409 g/mol. The fraction of sp³-hybridized carbons (Fsp3) is 0. The van der Waals surface area contributed by atoms with Crippen molar-refractivity contribution in [2.75, 3.05) is 0 Å². The summed E-state index contributed by atoms with van der Waals surface area (Å²) in [7, 11) is 0. The van der Waals surface area contributed by atoms with Crippen molar-refractivity contribution in [2.45, 2.75) is 0 Å². The third kappa shape index (κ3) is 3.63. The Labute approximate surface area is 171 Å². The zero-order valence-electron chi connectivity index (χ0n) is 14.4. The van der Waals surface area contributed by atoms with E-state index in [0.717, 1.165) is 11.3 Å². The van der Waals surface area contributed by atoms with E-state index in [4.69, 9.17) is 27.9 Å². The van der Waals surface area contributed by atoms with Crippen LogP contribution in [0.2, 0.25) is 10.0 Å². The van der Waals surface area contributed by atoms with Crippen molar-refractivity contribution >= 4 is 29.2 Å². The van der Waals surface area contributed by atoms with Crippen LogP contribution >= 0.6 is 23.2 Å². The van der Waals surface area contributed by atoms with Gasteiger partial charge in [0.05, 0.1) is 10.7 Å². The minimum Gasteiger partial charge on any atom is -0.419 e. The lowest BCUT2D eigenvalue weighted by molar-refractivity contribution is 0.0722. The Hall–Kier alpha value is -3.15. The molecule has 0 unspecified atom stereocenters. The third-order valence-corrected chi connectivity index (χ3v) is 4.74. The van der Waals surface area contributed by atoms with Crippen LogP contribution in [-0.2, 0) is 0 Å². The molecule has 1 aromatic heterocycles. The fourth-order valence-electron chi connectivity index (χ4n) is 2.63. The summed E-state index contributed by atoms with van der Waals surface area (Å²) in [5.74, 6) is -0.137. The van der Waals surface area contributed by atoms with Gasteiger partial charge in [-0.1, -0.05) is 77.8 Å². The number of ether oxygens (including phenoxy) is 1. The van der Waals surface area contributed by atoms with Gasteiger partial charge < -0.3 is 4.74 Å². The van der Waals surface area contributed by atoms with Crippen molar-refractivity contribution in [1.29, 1.82) is 0 Å². The van der Waals surface area contributed by atoms with Crippen LogP contribution in [0.25, 0.3) is 17.1 Å². The highest BCUT2D eigenvalue weighted by Crippen LogP contribution is 2.32. The molecule has 5 nitrogen and oxygen atoms in total. The number of aromatic nitrogens is 3. The number of esters is 1. The number of carbonyl (C=O) groups is 1. The van der Waals surface area contributed by atoms with E-state index in [-0.39, 0.29) is 16.6 Å². The molecule has 0 amide bonds. The number of benzene rings is 3. The van der Waals surface area contributed by atoms with Crippen LogP contribution in [0.15, 0.2) is 78.9 Å². The smallest absolute Gasteiger partial charge is 0.383 e. The summed E-state index contributed by atoms with van der Waals surface area (Å²) in [6, 6.07) is 23.7. The molecule has 0 aliphatic heterocycles. The summed E-state index contributed by atoms with van der Waals surface area (Å²) in [5.41, 5.74) is 1.59. The Kier molecular flexibility index (Phi) is 5.10. The Morgan fingerprint density at radius 1 is 0.857 bits per heavy atom. The summed E-state index contributed by atoms with van der Waals surface area (Å²) in [4.78, 5) is 17.0. The van der Waals surface area contributed by atoms with E-state index in [1.54, 1.807) is 22.9 Å². The first-order valence-electron chi connectivity index (χ1n) is 8.37. The van der Waals surface area contributed by atoms with Gasteiger partial charge in [0.15, 0.2) is 11.6 Å². The number of halogens is 2. The summed E-state index contributed by atoms with van der Waals surface area (Å²) in [5, 5.41) is 4.81. The fourth-order valence-corrected chi connectivity index (χ4v) is 2.96. The van der Waals surface area contributed by atoms with Gasteiger partial charge in [-0.2, -0.15) is 0 Å². The third-order valence-electron chi connectivity index (χ3n) is 3.94. The molecule has 0 fully saturated rings. The second-order valence-electron chi connectivity index (χ2n) is 5.81. The van der Waals surface area contributed by atoms with E-state index >= 15 is 0 Å². The van der Waals surface area contributed by atoms with E-state index in [1.165, 1.54) is 0 Å². The van der Waals surface area contributed by atoms with Crippen LogP contribution in [-0.4, -0.2) is 20.7 Å². The second kappa shape index (κ2) is 7.84. The lowest BCUT2D eigenvalue weighted by Gasteiger charge is -2.05. The molecule has 0 bridgehead atoms. The number of carbonyl (C=O) groups excluding carboxylic acids is 1. The van der Waals surface area contributed by atoms with E-state index in [1.807, 2.05) is 60.7 Å². The molecule has 0 aliphatic carbocycles. The molecule has 0 saturated heterocycles. The maximum Gasteiger partial charge on any atom is 0.383 e. The average Bonchev–Trinajstić information content (AvgIpc) is 3.18. The maximum atomic E-state index is 12.6. The van der Waals surface area contributed by atoms with Gasteiger partial charge in [-0.25, -0.2) is 14.5 Å². The Balaban J connectivity index is 1.75. The first-order valence-corrected chi connectivity index (χ1v) is 9.13. The lowest BCUT2D eigenvalue weighted by atomic mass is 10.2. The molecule has 0 N–H and O–H groups in total. The molecule has 1 heterocycles.